The highest BCUT2D eigenvalue weighted by Gasteiger charge is 2.38. The van der Waals surface area contributed by atoms with Gasteiger partial charge in [0.1, 0.15) is 6.61 Å². The molecular weight excluding hydrogens is 302 g/mol. The summed E-state index contributed by atoms with van der Waals surface area (Å²) < 4.78 is 5.06. The highest BCUT2D eigenvalue weighted by molar-refractivity contribution is 6.31. The molecule has 0 N–H and O–H groups in total. The number of imide groups is 1. The van der Waals surface area contributed by atoms with Gasteiger partial charge in [-0.3, -0.25) is 4.79 Å². The van der Waals surface area contributed by atoms with Crippen LogP contribution in [0.5, 0.6) is 0 Å². The van der Waals surface area contributed by atoms with Gasteiger partial charge in [-0.15, -0.1) is 0 Å². The van der Waals surface area contributed by atoms with Crippen LogP contribution in [-0.2, 0) is 11.2 Å². The Balaban J connectivity index is 1.83. The van der Waals surface area contributed by atoms with E-state index in [1.807, 2.05) is 30.3 Å². The summed E-state index contributed by atoms with van der Waals surface area (Å²) in [6.45, 7) is 0.208. The van der Waals surface area contributed by atoms with Crippen LogP contribution in [0.3, 0.4) is 0 Å². The van der Waals surface area contributed by atoms with Crippen molar-refractivity contribution < 1.29 is 14.3 Å². The predicted octanol–water partition coefficient (Wildman–Crippen LogP) is 3.54. The smallest absolute Gasteiger partial charge is 0.417 e. The Morgan fingerprint density at radius 1 is 1.18 bits per heavy atom. The third-order valence-corrected chi connectivity index (χ3v) is 3.80. The largest absolute Gasteiger partial charge is 0.447 e. The Kier molecular flexibility index (Phi) is 4.11. The Morgan fingerprint density at radius 3 is 2.68 bits per heavy atom. The standard InChI is InChI=1S/C17H14ClNO3/c18-14-8-4-7-13(10-14)16(20)19-15(11-22-17(19)21)9-12-5-2-1-3-6-12/h1-8,10,15H,9,11H2/t15-/m0/s1. The molecular formula is C17H14ClNO3. The van der Waals surface area contributed by atoms with Gasteiger partial charge in [0.2, 0.25) is 0 Å². The van der Waals surface area contributed by atoms with Crippen molar-refractivity contribution in [3.63, 3.8) is 0 Å². The SMILES string of the molecule is O=C1OC[C@H](Cc2ccccc2)N1C(=O)c1cccc(Cl)c1. The quantitative estimate of drug-likeness (QED) is 0.870. The van der Waals surface area contributed by atoms with E-state index in [4.69, 9.17) is 16.3 Å². The summed E-state index contributed by atoms with van der Waals surface area (Å²) in [5.41, 5.74) is 1.43. The van der Waals surface area contributed by atoms with E-state index in [1.54, 1.807) is 24.3 Å². The molecule has 2 aromatic carbocycles. The highest BCUT2D eigenvalue weighted by Crippen LogP contribution is 2.21. The molecule has 0 spiro atoms. The zero-order chi connectivity index (χ0) is 15.5. The minimum absolute atomic E-state index is 0.208. The normalized spacial score (nSPS) is 17.4. The molecule has 3 rings (SSSR count). The first-order valence-corrected chi connectivity index (χ1v) is 7.33. The van der Waals surface area contributed by atoms with Crippen LogP contribution in [0.1, 0.15) is 15.9 Å². The molecule has 1 fully saturated rings. The Hall–Kier alpha value is -2.33. The van der Waals surface area contributed by atoms with Crippen molar-refractivity contribution in [1.29, 1.82) is 0 Å². The molecule has 2 amide bonds. The molecule has 1 aliphatic heterocycles. The number of hydrogen-bond acceptors (Lipinski definition) is 3. The van der Waals surface area contributed by atoms with E-state index in [-0.39, 0.29) is 18.6 Å². The first-order chi connectivity index (χ1) is 10.6. The molecule has 1 saturated heterocycles. The minimum atomic E-state index is -0.606. The van der Waals surface area contributed by atoms with Gasteiger partial charge in [-0.05, 0) is 30.2 Å². The van der Waals surface area contributed by atoms with Crippen molar-refractivity contribution in [1.82, 2.24) is 4.90 Å². The second-order valence-corrected chi connectivity index (χ2v) is 5.54. The van der Waals surface area contributed by atoms with Gasteiger partial charge in [0.05, 0.1) is 6.04 Å². The van der Waals surface area contributed by atoms with Gasteiger partial charge < -0.3 is 4.74 Å². The maximum absolute atomic E-state index is 12.6. The number of benzene rings is 2. The zero-order valence-corrected chi connectivity index (χ0v) is 12.5. The van der Waals surface area contributed by atoms with E-state index in [0.29, 0.717) is 17.0 Å². The van der Waals surface area contributed by atoms with Crippen molar-refractivity contribution in [2.75, 3.05) is 6.61 Å². The van der Waals surface area contributed by atoms with Gasteiger partial charge >= 0.3 is 6.09 Å². The van der Waals surface area contributed by atoms with E-state index in [9.17, 15) is 9.59 Å². The lowest BCUT2D eigenvalue weighted by Crippen LogP contribution is -2.40. The molecule has 112 valence electrons. The van der Waals surface area contributed by atoms with Crippen molar-refractivity contribution in [3.8, 4) is 0 Å². The second kappa shape index (κ2) is 6.20. The van der Waals surface area contributed by atoms with E-state index < -0.39 is 6.09 Å². The summed E-state index contributed by atoms with van der Waals surface area (Å²) in [6, 6.07) is 16.0. The van der Waals surface area contributed by atoms with Crippen molar-refractivity contribution in [3.05, 3.63) is 70.7 Å². The van der Waals surface area contributed by atoms with Crippen LogP contribution < -0.4 is 0 Å². The molecule has 0 aromatic heterocycles. The third-order valence-electron chi connectivity index (χ3n) is 3.57. The number of cyclic esters (lactones) is 1. The highest BCUT2D eigenvalue weighted by atomic mass is 35.5. The summed E-state index contributed by atoms with van der Waals surface area (Å²) in [5.74, 6) is -0.383. The molecule has 0 saturated carbocycles. The number of rotatable bonds is 3. The zero-order valence-electron chi connectivity index (χ0n) is 11.7. The lowest BCUT2D eigenvalue weighted by molar-refractivity contribution is 0.0774. The summed E-state index contributed by atoms with van der Waals surface area (Å²) in [7, 11) is 0. The lowest BCUT2D eigenvalue weighted by atomic mass is 10.1. The first kappa shape index (κ1) is 14.6. The maximum atomic E-state index is 12.6. The molecule has 22 heavy (non-hydrogen) atoms. The average Bonchev–Trinajstić information content (AvgIpc) is 2.88. The van der Waals surface area contributed by atoms with E-state index in [1.165, 1.54) is 4.90 Å². The van der Waals surface area contributed by atoms with Crippen LogP contribution in [-0.4, -0.2) is 29.5 Å². The molecule has 0 radical (unpaired) electrons. The monoisotopic (exact) mass is 315 g/mol. The van der Waals surface area contributed by atoms with Crippen molar-refractivity contribution >= 4 is 23.6 Å². The van der Waals surface area contributed by atoms with E-state index >= 15 is 0 Å². The van der Waals surface area contributed by atoms with Gasteiger partial charge in [0.15, 0.2) is 0 Å². The van der Waals surface area contributed by atoms with E-state index in [2.05, 4.69) is 0 Å². The van der Waals surface area contributed by atoms with Gasteiger partial charge in [-0.2, -0.15) is 0 Å². The number of ether oxygens (including phenoxy) is 1. The molecule has 5 heteroatoms. The molecule has 4 nitrogen and oxygen atoms in total. The third kappa shape index (κ3) is 2.97. The summed E-state index contributed by atoms with van der Waals surface area (Å²) in [4.78, 5) is 25.7. The number of hydrogen-bond donors (Lipinski definition) is 0. The maximum Gasteiger partial charge on any atom is 0.417 e. The number of nitrogens with zero attached hydrogens (tertiary/aromatic N) is 1. The van der Waals surface area contributed by atoms with Gasteiger partial charge in [-0.25, -0.2) is 9.69 Å². The minimum Gasteiger partial charge on any atom is -0.447 e. The number of halogens is 1. The Morgan fingerprint density at radius 2 is 1.95 bits per heavy atom. The van der Waals surface area contributed by atoms with Crippen molar-refractivity contribution in [2.45, 2.75) is 12.5 Å². The summed E-state index contributed by atoms with van der Waals surface area (Å²) in [6.07, 6.45) is -0.0373. The second-order valence-electron chi connectivity index (χ2n) is 5.11. The lowest BCUT2D eigenvalue weighted by Gasteiger charge is -2.19. The molecule has 1 heterocycles. The van der Waals surface area contributed by atoms with Crippen LogP contribution in [0.15, 0.2) is 54.6 Å². The topological polar surface area (TPSA) is 46.6 Å². The van der Waals surface area contributed by atoms with Crippen LogP contribution >= 0.6 is 11.6 Å². The van der Waals surface area contributed by atoms with Gasteiger partial charge in [0, 0.05) is 10.6 Å². The van der Waals surface area contributed by atoms with Crippen LogP contribution in [0, 0.1) is 0 Å². The molecule has 2 aromatic rings. The number of carbonyl (C=O) groups excluding carboxylic acids is 2. The van der Waals surface area contributed by atoms with Gasteiger partial charge in [-0.1, -0.05) is 48.0 Å². The Labute approximate surface area is 133 Å². The predicted molar refractivity (Wildman–Crippen MR) is 82.9 cm³/mol. The number of amides is 2. The molecule has 1 atom stereocenters. The number of carbonyl (C=O) groups is 2. The van der Waals surface area contributed by atoms with Crippen molar-refractivity contribution in [2.24, 2.45) is 0 Å². The molecule has 0 bridgehead atoms. The molecule has 0 aliphatic carbocycles. The first-order valence-electron chi connectivity index (χ1n) is 6.95. The van der Waals surface area contributed by atoms with Crippen LogP contribution in [0.4, 0.5) is 4.79 Å². The summed E-state index contributed by atoms with van der Waals surface area (Å²) >= 11 is 5.91. The Bertz CT molecular complexity index is 702. The average molecular weight is 316 g/mol. The molecule has 0 unspecified atom stereocenters. The van der Waals surface area contributed by atoms with E-state index in [0.717, 1.165) is 5.56 Å². The fraction of sp³-hybridized carbons (Fsp3) is 0.176. The molecule has 1 aliphatic rings. The summed E-state index contributed by atoms with van der Waals surface area (Å²) in [5, 5.41) is 0.457. The van der Waals surface area contributed by atoms with Crippen LogP contribution in [0.25, 0.3) is 0 Å². The fourth-order valence-corrected chi connectivity index (χ4v) is 2.70. The van der Waals surface area contributed by atoms with Gasteiger partial charge in [0.25, 0.3) is 5.91 Å². The fourth-order valence-electron chi connectivity index (χ4n) is 2.51. The van der Waals surface area contributed by atoms with Crippen LogP contribution in [0.2, 0.25) is 5.02 Å².